The number of carbonyl (C=O) groups is 1. The predicted octanol–water partition coefficient (Wildman–Crippen LogP) is 2.22. The van der Waals surface area contributed by atoms with Crippen LogP contribution in [0.4, 0.5) is 0 Å². The van der Waals surface area contributed by atoms with Gasteiger partial charge in [-0.3, -0.25) is 4.79 Å². The van der Waals surface area contributed by atoms with Gasteiger partial charge in [-0.2, -0.15) is 0 Å². The number of nitrogens with zero attached hydrogens (tertiary/aromatic N) is 1. The molecule has 0 saturated heterocycles. The number of rotatable bonds is 1. The Labute approximate surface area is 87.6 Å². The smallest absolute Gasteiger partial charge is 0.197 e. The molecule has 14 heavy (non-hydrogen) atoms. The van der Waals surface area contributed by atoms with Gasteiger partial charge in [-0.15, -0.1) is 0 Å². The number of carbonyl (C=O) groups excluding carboxylic acids is 1. The fraction of sp³-hybridized carbons (Fsp3) is 0.500. The average Bonchev–Trinajstić information content (AvgIpc) is 2.41. The highest BCUT2D eigenvalue weighted by molar-refractivity contribution is 7.71. The van der Waals surface area contributed by atoms with E-state index in [1.807, 2.05) is 0 Å². The average molecular weight is 208 g/mol. The Morgan fingerprint density at radius 1 is 1.29 bits per heavy atom. The lowest BCUT2D eigenvalue weighted by Crippen LogP contribution is -2.04. The van der Waals surface area contributed by atoms with Crippen LogP contribution in [0.1, 0.15) is 41.0 Å². The van der Waals surface area contributed by atoms with E-state index in [0.717, 1.165) is 36.8 Å². The van der Waals surface area contributed by atoms with Crippen molar-refractivity contribution >= 4 is 18.5 Å². The monoisotopic (exact) mass is 208 g/mol. The molecule has 0 radical (unpaired) electrons. The summed E-state index contributed by atoms with van der Waals surface area (Å²) in [6, 6.07) is 0. The molecule has 0 atom stereocenters. The Bertz CT molecular complexity index is 411. The highest BCUT2D eigenvalue weighted by Crippen LogP contribution is 2.19. The fourth-order valence-electron chi connectivity index (χ4n) is 1.93. The molecule has 0 unspecified atom stereocenters. The topological polar surface area (TPSA) is 45.8 Å². The molecule has 1 aromatic heterocycles. The van der Waals surface area contributed by atoms with Crippen molar-refractivity contribution in [1.82, 2.24) is 9.97 Å². The molecule has 0 bridgehead atoms. The van der Waals surface area contributed by atoms with Crippen molar-refractivity contribution in [3.8, 4) is 0 Å². The summed E-state index contributed by atoms with van der Waals surface area (Å²) in [5.41, 5.74) is 2.72. The number of nitrogens with one attached hydrogen (secondary N) is 1. The Balaban J connectivity index is 2.57. The molecular weight excluding hydrogens is 196 g/mol. The molecule has 0 fully saturated rings. The normalized spacial score (nSPS) is 15.7. The van der Waals surface area contributed by atoms with Gasteiger partial charge in [0.15, 0.2) is 11.1 Å². The van der Waals surface area contributed by atoms with E-state index < -0.39 is 0 Å². The second kappa shape index (κ2) is 4.00. The van der Waals surface area contributed by atoms with Crippen LogP contribution in [0.15, 0.2) is 0 Å². The van der Waals surface area contributed by atoms with Crippen LogP contribution in [0.5, 0.6) is 0 Å². The summed E-state index contributed by atoms with van der Waals surface area (Å²) in [6.07, 6.45) is 6.27. The van der Waals surface area contributed by atoms with Gasteiger partial charge < -0.3 is 4.98 Å². The van der Waals surface area contributed by atoms with Crippen molar-refractivity contribution in [2.24, 2.45) is 0 Å². The van der Waals surface area contributed by atoms with Crippen LogP contribution in [0.2, 0.25) is 0 Å². The van der Waals surface area contributed by atoms with Crippen LogP contribution in [0.25, 0.3) is 0 Å². The van der Waals surface area contributed by atoms with Gasteiger partial charge in [-0.1, -0.05) is 6.42 Å². The first-order chi connectivity index (χ1) is 6.81. The lowest BCUT2D eigenvalue weighted by atomic mass is 10.1. The number of aromatic amines is 1. The van der Waals surface area contributed by atoms with E-state index in [9.17, 15) is 4.79 Å². The zero-order valence-corrected chi connectivity index (χ0v) is 8.69. The lowest BCUT2D eigenvalue weighted by molar-refractivity contribution is 0.111. The molecule has 1 heterocycles. The van der Waals surface area contributed by atoms with Crippen molar-refractivity contribution in [2.75, 3.05) is 0 Å². The molecule has 0 saturated carbocycles. The van der Waals surface area contributed by atoms with Crippen LogP contribution in [-0.2, 0) is 12.8 Å². The van der Waals surface area contributed by atoms with E-state index in [-0.39, 0.29) is 0 Å². The van der Waals surface area contributed by atoms with Crippen LogP contribution >= 0.6 is 12.2 Å². The minimum Gasteiger partial charge on any atom is -0.334 e. The Morgan fingerprint density at radius 3 is 2.86 bits per heavy atom. The zero-order valence-electron chi connectivity index (χ0n) is 7.88. The number of hydrogen-bond donors (Lipinski definition) is 1. The molecular formula is C10H12N2OS. The first-order valence-electron chi connectivity index (χ1n) is 4.88. The van der Waals surface area contributed by atoms with Crippen LogP contribution in [-0.4, -0.2) is 16.3 Å². The molecule has 2 rings (SSSR count). The second-order valence-corrected chi connectivity index (χ2v) is 3.95. The second-order valence-electron chi connectivity index (χ2n) is 3.56. The fourth-order valence-corrected chi connectivity index (χ4v) is 2.16. The first kappa shape index (κ1) is 9.52. The molecule has 3 nitrogen and oxygen atoms in total. The standard InChI is InChI=1S/C10H12N2OS/c13-6-9-7-4-2-1-3-5-8(7)11-10(14)12-9/h6H,1-5H2,(H,11,12,14). The summed E-state index contributed by atoms with van der Waals surface area (Å²) in [7, 11) is 0. The molecule has 0 amide bonds. The quantitative estimate of drug-likeness (QED) is 0.437. The zero-order chi connectivity index (χ0) is 9.97. The Hall–Kier alpha value is -1.03. The summed E-state index contributed by atoms with van der Waals surface area (Å²) >= 11 is 4.97. The first-order valence-corrected chi connectivity index (χ1v) is 5.29. The van der Waals surface area contributed by atoms with Gasteiger partial charge in [-0.25, -0.2) is 4.98 Å². The number of H-pyrrole nitrogens is 1. The van der Waals surface area contributed by atoms with E-state index in [1.54, 1.807) is 0 Å². The van der Waals surface area contributed by atoms with E-state index >= 15 is 0 Å². The molecule has 1 aliphatic carbocycles. The summed E-state index contributed by atoms with van der Waals surface area (Å²) in [4.78, 5) is 17.9. The van der Waals surface area contributed by atoms with Gasteiger partial charge in [-0.05, 0) is 37.9 Å². The number of aromatic nitrogens is 2. The third-order valence-corrected chi connectivity index (χ3v) is 2.81. The van der Waals surface area contributed by atoms with Gasteiger partial charge in [0.1, 0.15) is 5.69 Å². The lowest BCUT2D eigenvalue weighted by Gasteiger charge is -2.06. The molecule has 1 aromatic rings. The van der Waals surface area contributed by atoms with Crippen molar-refractivity contribution in [2.45, 2.75) is 32.1 Å². The molecule has 4 heteroatoms. The van der Waals surface area contributed by atoms with Gasteiger partial charge in [0, 0.05) is 11.3 Å². The highest BCUT2D eigenvalue weighted by Gasteiger charge is 2.13. The van der Waals surface area contributed by atoms with E-state index in [4.69, 9.17) is 12.2 Å². The van der Waals surface area contributed by atoms with Crippen molar-refractivity contribution < 1.29 is 4.79 Å². The SMILES string of the molecule is O=Cc1nc(=S)[nH]c2c1CCCCC2. The molecule has 0 aromatic carbocycles. The molecule has 0 aliphatic heterocycles. The summed E-state index contributed by atoms with van der Waals surface area (Å²) in [5, 5.41) is 0. The number of hydrogen-bond acceptors (Lipinski definition) is 3. The van der Waals surface area contributed by atoms with Crippen molar-refractivity contribution in [3.05, 3.63) is 21.7 Å². The van der Waals surface area contributed by atoms with E-state index in [2.05, 4.69) is 9.97 Å². The maximum Gasteiger partial charge on any atom is 0.197 e. The maximum atomic E-state index is 10.8. The summed E-state index contributed by atoms with van der Waals surface area (Å²) in [6.45, 7) is 0. The maximum absolute atomic E-state index is 10.8. The Morgan fingerprint density at radius 2 is 2.07 bits per heavy atom. The number of aryl methyl sites for hydroxylation is 1. The van der Waals surface area contributed by atoms with Crippen LogP contribution in [0.3, 0.4) is 0 Å². The predicted molar refractivity (Wildman–Crippen MR) is 56.1 cm³/mol. The Kier molecular flexibility index (Phi) is 2.72. The summed E-state index contributed by atoms with van der Waals surface area (Å²) < 4.78 is 0.424. The van der Waals surface area contributed by atoms with Crippen molar-refractivity contribution in [3.63, 3.8) is 0 Å². The number of aldehydes is 1. The highest BCUT2D eigenvalue weighted by atomic mass is 32.1. The molecule has 0 spiro atoms. The van der Waals surface area contributed by atoms with Crippen molar-refractivity contribution in [1.29, 1.82) is 0 Å². The third kappa shape index (κ3) is 1.75. The van der Waals surface area contributed by atoms with Crippen LogP contribution < -0.4 is 0 Å². The summed E-state index contributed by atoms with van der Waals surface area (Å²) in [5.74, 6) is 0. The number of fused-ring (bicyclic) bond motifs is 1. The van der Waals surface area contributed by atoms with Gasteiger partial charge in [0.2, 0.25) is 0 Å². The van der Waals surface area contributed by atoms with Crippen LogP contribution in [0, 0.1) is 4.77 Å². The molecule has 1 N–H and O–H groups in total. The minimum absolute atomic E-state index is 0.424. The van der Waals surface area contributed by atoms with E-state index in [0.29, 0.717) is 10.5 Å². The molecule has 1 aliphatic rings. The third-order valence-electron chi connectivity index (χ3n) is 2.62. The van der Waals surface area contributed by atoms with Gasteiger partial charge >= 0.3 is 0 Å². The minimum atomic E-state index is 0.424. The van der Waals surface area contributed by atoms with Gasteiger partial charge in [0.25, 0.3) is 0 Å². The molecule has 74 valence electrons. The van der Waals surface area contributed by atoms with E-state index in [1.165, 1.54) is 12.8 Å². The largest absolute Gasteiger partial charge is 0.334 e. The van der Waals surface area contributed by atoms with Gasteiger partial charge in [0.05, 0.1) is 0 Å².